The van der Waals surface area contributed by atoms with Gasteiger partial charge in [0.15, 0.2) is 17.0 Å². The molecule has 12 heteroatoms. The summed E-state index contributed by atoms with van der Waals surface area (Å²) in [6.45, 7) is 4.94. The topological polar surface area (TPSA) is 126 Å². The van der Waals surface area contributed by atoms with Crippen molar-refractivity contribution in [2.45, 2.75) is 37.4 Å². The molecule has 5 aromatic rings. The number of imidazole rings is 1. The van der Waals surface area contributed by atoms with Crippen LogP contribution in [0.3, 0.4) is 0 Å². The van der Waals surface area contributed by atoms with Gasteiger partial charge in [0.2, 0.25) is 0 Å². The minimum Gasteiger partial charge on any atom is -0.497 e. The number of aliphatic imine (C=N–C) groups is 1. The monoisotopic (exact) mass is 664 g/mol. The molecule has 2 saturated heterocycles. The maximum Gasteiger partial charge on any atom is 0.185 e. The summed E-state index contributed by atoms with van der Waals surface area (Å²) < 4.78 is 31.8. The number of benzene rings is 3. The van der Waals surface area contributed by atoms with Crippen molar-refractivity contribution in [1.29, 1.82) is 0 Å². The van der Waals surface area contributed by atoms with E-state index in [4.69, 9.17) is 28.7 Å². The molecule has 3 atom stereocenters. The van der Waals surface area contributed by atoms with E-state index in [0.29, 0.717) is 36.6 Å². The van der Waals surface area contributed by atoms with Gasteiger partial charge in [0.05, 0.1) is 46.5 Å². The third-order valence-electron chi connectivity index (χ3n) is 9.23. The lowest BCUT2D eigenvalue weighted by Crippen LogP contribution is -2.39. The van der Waals surface area contributed by atoms with Crippen molar-refractivity contribution in [3.63, 3.8) is 0 Å². The first-order valence-corrected chi connectivity index (χ1v) is 16.4. The minimum atomic E-state index is -1.04. The number of ether oxygens (including phenoxy) is 5. The van der Waals surface area contributed by atoms with Crippen molar-refractivity contribution in [2.75, 3.05) is 47.1 Å². The number of hydrogen-bond acceptors (Lipinski definition) is 10. The molecule has 0 radical (unpaired) electrons. The Hall–Kier alpha value is -4.88. The molecule has 4 heterocycles. The first-order chi connectivity index (χ1) is 24.0. The van der Waals surface area contributed by atoms with Crippen LogP contribution in [0.5, 0.6) is 11.5 Å². The number of rotatable bonds is 10. The normalized spacial score (nSPS) is 20.1. The van der Waals surface area contributed by atoms with Crippen LogP contribution in [0.25, 0.3) is 11.2 Å². The standard InChI is InChI=1S/C37H40N6O6/c1-25(42-17-19-47-20-18-42)41-35-34-36(39-23-38-35)43(24-40-34)33-21-31(44)32(49-33)22-48-37(26-7-5-4-6-8-26,27-9-13-29(45-2)14-10-27)28-11-15-30(46-3)16-12-28/h4-16,23-24,31-33,44H,17-22H2,1-3H3. The molecule has 12 nitrogen and oxygen atoms in total. The number of aromatic nitrogens is 4. The Morgan fingerprint density at radius 1 is 0.878 bits per heavy atom. The molecule has 49 heavy (non-hydrogen) atoms. The van der Waals surface area contributed by atoms with Crippen molar-refractivity contribution in [3.8, 4) is 11.5 Å². The van der Waals surface area contributed by atoms with Crippen LogP contribution in [0.4, 0.5) is 5.82 Å². The zero-order valence-electron chi connectivity index (χ0n) is 27.8. The lowest BCUT2D eigenvalue weighted by Gasteiger charge is -2.37. The first-order valence-electron chi connectivity index (χ1n) is 16.4. The van der Waals surface area contributed by atoms with Gasteiger partial charge < -0.3 is 33.7 Å². The van der Waals surface area contributed by atoms with Crippen LogP contribution < -0.4 is 9.47 Å². The van der Waals surface area contributed by atoms with Crippen LogP contribution >= 0.6 is 0 Å². The zero-order chi connectivity index (χ0) is 33.8. The Morgan fingerprint density at radius 3 is 2.14 bits per heavy atom. The van der Waals surface area contributed by atoms with Gasteiger partial charge in [-0.15, -0.1) is 0 Å². The number of nitrogens with zero attached hydrogens (tertiary/aromatic N) is 6. The van der Waals surface area contributed by atoms with Crippen molar-refractivity contribution in [3.05, 3.63) is 108 Å². The molecular weight excluding hydrogens is 624 g/mol. The van der Waals surface area contributed by atoms with Gasteiger partial charge in [-0.25, -0.2) is 19.9 Å². The van der Waals surface area contributed by atoms with Crippen LogP contribution in [0.2, 0.25) is 0 Å². The zero-order valence-corrected chi connectivity index (χ0v) is 27.8. The van der Waals surface area contributed by atoms with Crippen LogP contribution in [0.15, 0.2) is 96.5 Å². The second kappa shape index (κ2) is 14.3. The summed E-state index contributed by atoms with van der Waals surface area (Å²) in [6, 6.07) is 25.7. The average Bonchev–Trinajstić information content (AvgIpc) is 3.76. The van der Waals surface area contributed by atoms with E-state index in [2.05, 4.69) is 19.9 Å². The largest absolute Gasteiger partial charge is 0.497 e. The molecule has 2 aromatic heterocycles. The third-order valence-corrected chi connectivity index (χ3v) is 9.23. The molecule has 0 bridgehead atoms. The molecule has 0 aliphatic carbocycles. The van der Waals surface area contributed by atoms with Gasteiger partial charge in [-0.05, 0) is 47.9 Å². The smallest absolute Gasteiger partial charge is 0.185 e. The third kappa shape index (κ3) is 6.47. The fraction of sp³-hybridized carbons (Fsp3) is 0.351. The van der Waals surface area contributed by atoms with Crippen LogP contribution in [-0.4, -0.2) is 94.7 Å². The van der Waals surface area contributed by atoms with Crippen LogP contribution in [0, 0.1) is 0 Å². The van der Waals surface area contributed by atoms with E-state index in [1.54, 1.807) is 20.5 Å². The highest BCUT2D eigenvalue weighted by Crippen LogP contribution is 2.43. The van der Waals surface area contributed by atoms with Crippen molar-refractivity contribution >= 4 is 22.8 Å². The molecule has 3 aromatic carbocycles. The first kappa shape index (κ1) is 32.7. The predicted octanol–water partition coefficient (Wildman–Crippen LogP) is 4.88. The molecule has 2 aliphatic rings. The van der Waals surface area contributed by atoms with Crippen LogP contribution in [0.1, 0.15) is 36.3 Å². The summed E-state index contributed by atoms with van der Waals surface area (Å²) >= 11 is 0. The van der Waals surface area contributed by atoms with E-state index < -0.39 is 24.0 Å². The van der Waals surface area contributed by atoms with E-state index in [0.717, 1.165) is 47.1 Å². The number of amidine groups is 1. The highest BCUT2D eigenvalue weighted by Gasteiger charge is 2.42. The van der Waals surface area contributed by atoms with E-state index in [9.17, 15) is 5.11 Å². The molecule has 7 rings (SSSR count). The Labute approximate surface area is 284 Å². The van der Waals surface area contributed by atoms with Gasteiger partial charge in [0, 0.05) is 19.5 Å². The van der Waals surface area contributed by atoms with Gasteiger partial charge in [0.25, 0.3) is 0 Å². The Morgan fingerprint density at radius 2 is 1.51 bits per heavy atom. The van der Waals surface area contributed by atoms with Gasteiger partial charge in [0.1, 0.15) is 41.6 Å². The number of morpholine rings is 1. The molecule has 0 saturated carbocycles. The predicted molar refractivity (Wildman–Crippen MR) is 183 cm³/mol. The van der Waals surface area contributed by atoms with Gasteiger partial charge in [-0.2, -0.15) is 0 Å². The molecular formula is C37H40N6O6. The van der Waals surface area contributed by atoms with E-state index in [-0.39, 0.29) is 6.61 Å². The summed E-state index contributed by atoms with van der Waals surface area (Å²) in [4.78, 5) is 20.5. The molecule has 254 valence electrons. The molecule has 2 fully saturated rings. The van der Waals surface area contributed by atoms with Crippen LogP contribution in [-0.2, 0) is 19.8 Å². The summed E-state index contributed by atoms with van der Waals surface area (Å²) in [6.07, 6.45) is 1.53. The number of aliphatic hydroxyl groups excluding tert-OH is 1. The summed E-state index contributed by atoms with van der Waals surface area (Å²) in [5, 5.41) is 11.4. The fourth-order valence-electron chi connectivity index (χ4n) is 6.56. The van der Waals surface area contributed by atoms with Gasteiger partial charge in [-0.1, -0.05) is 54.6 Å². The Balaban J connectivity index is 1.18. The molecule has 3 unspecified atom stereocenters. The van der Waals surface area contributed by atoms with Gasteiger partial charge >= 0.3 is 0 Å². The maximum atomic E-state index is 11.4. The quantitative estimate of drug-likeness (QED) is 0.125. The lowest BCUT2D eigenvalue weighted by atomic mass is 9.80. The lowest BCUT2D eigenvalue weighted by molar-refractivity contribution is -0.0931. The van der Waals surface area contributed by atoms with Crippen molar-refractivity contribution < 1.29 is 28.8 Å². The van der Waals surface area contributed by atoms with Crippen molar-refractivity contribution in [1.82, 2.24) is 24.4 Å². The average molecular weight is 665 g/mol. The number of methoxy groups -OCH3 is 2. The van der Waals surface area contributed by atoms with E-state index in [1.165, 1.54) is 6.33 Å². The summed E-state index contributed by atoms with van der Waals surface area (Å²) in [5.74, 6) is 2.80. The molecule has 2 aliphatic heterocycles. The second-order valence-electron chi connectivity index (χ2n) is 12.0. The SMILES string of the molecule is COc1ccc(C(OCC2OC(n3cnc4c(N=C(C)N5CCOCC5)ncnc43)CC2O)(c2ccccc2)c2ccc(OC)cc2)cc1. The highest BCUT2D eigenvalue weighted by molar-refractivity contribution is 5.88. The highest BCUT2D eigenvalue weighted by atomic mass is 16.6. The molecule has 0 spiro atoms. The summed E-state index contributed by atoms with van der Waals surface area (Å²) in [5.41, 5.74) is 2.82. The molecule has 1 N–H and O–H groups in total. The minimum absolute atomic E-state index is 0.0977. The molecule has 0 amide bonds. The Kier molecular flexibility index (Phi) is 9.54. The maximum absolute atomic E-state index is 11.4. The van der Waals surface area contributed by atoms with Crippen molar-refractivity contribution in [2.24, 2.45) is 4.99 Å². The van der Waals surface area contributed by atoms with E-state index >= 15 is 0 Å². The Bertz CT molecular complexity index is 1830. The second-order valence-corrected chi connectivity index (χ2v) is 12.0. The van der Waals surface area contributed by atoms with E-state index in [1.807, 2.05) is 90.4 Å². The number of aliphatic hydroxyl groups is 1. The number of hydrogen-bond donors (Lipinski definition) is 1. The summed E-state index contributed by atoms with van der Waals surface area (Å²) in [7, 11) is 3.29. The van der Waals surface area contributed by atoms with Gasteiger partial charge in [-0.3, -0.25) is 4.57 Å². The fourth-order valence-corrected chi connectivity index (χ4v) is 6.56. The number of fused-ring (bicyclic) bond motifs is 1.